The zero-order chi connectivity index (χ0) is 15.1. The van der Waals surface area contributed by atoms with E-state index in [1.807, 2.05) is 6.07 Å². The molecule has 0 spiro atoms. The van der Waals surface area contributed by atoms with Gasteiger partial charge in [0.15, 0.2) is 0 Å². The van der Waals surface area contributed by atoms with Crippen molar-refractivity contribution in [1.82, 2.24) is 10.2 Å². The first-order valence-corrected chi connectivity index (χ1v) is 6.29. The molecule has 1 aromatic rings. The van der Waals surface area contributed by atoms with E-state index in [4.69, 9.17) is 10.4 Å². The molecule has 20 heavy (non-hydrogen) atoms. The predicted molar refractivity (Wildman–Crippen MR) is 72.3 cm³/mol. The standard InChI is InChI=1S/C14H18FN3O2/c1-10(19)5-6-18(2)14(20)17-9-12-7-11(8-16)3-4-13(12)15/h3-4,7,10,19H,5-6,9H2,1-2H3,(H,17,20). The van der Waals surface area contributed by atoms with Crippen molar-refractivity contribution >= 4 is 6.03 Å². The van der Waals surface area contributed by atoms with Crippen LogP contribution in [0.1, 0.15) is 24.5 Å². The molecule has 0 aliphatic carbocycles. The van der Waals surface area contributed by atoms with E-state index in [0.717, 1.165) is 0 Å². The van der Waals surface area contributed by atoms with Crippen molar-refractivity contribution in [2.45, 2.75) is 26.0 Å². The number of nitriles is 1. The van der Waals surface area contributed by atoms with Gasteiger partial charge < -0.3 is 15.3 Å². The molecule has 108 valence electrons. The lowest BCUT2D eigenvalue weighted by Gasteiger charge is -2.18. The molecule has 0 aromatic heterocycles. The summed E-state index contributed by atoms with van der Waals surface area (Å²) in [7, 11) is 1.60. The number of amides is 2. The summed E-state index contributed by atoms with van der Waals surface area (Å²) >= 11 is 0. The second-order valence-corrected chi connectivity index (χ2v) is 4.64. The molecule has 0 saturated heterocycles. The number of nitrogens with one attached hydrogen (secondary N) is 1. The summed E-state index contributed by atoms with van der Waals surface area (Å²) in [5.74, 6) is -0.462. The van der Waals surface area contributed by atoms with E-state index in [0.29, 0.717) is 18.5 Å². The highest BCUT2D eigenvalue weighted by Crippen LogP contribution is 2.10. The maximum absolute atomic E-state index is 13.5. The minimum absolute atomic E-state index is 0.0131. The third-order valence-electron chi connectivity index (χ3n) is 2.83. The first kappa shape index (κ1) is 15.9. The molecular formula is C14H18FN3O2. The average molecular weight is 279 g/mol. The van der Waals surface area contributed by atoms with Gasteiger partial charge in [-0.1, -0.05) is 0 Å². The SMILES string of the molecule is CC(O)CCN(C)C(=O)NCc1cc(C#N)ccc1F. The molecule has 0 radical (unpaired) electrons. The Bertz CT molecular complexity index is 512. The quantitative estimate of drug-likeness (QED) is 0.859. The van der Waals surface area contributed by atoms with Crippen LogP contribution in [0.5, 0.6) is 0 Å². The molecule has 2 N–H and O–H groups in total. The Morgan fingerprint density at radius 2 is 2.30 bits per heavy atom. The monoisotopic (exact) mass is 279 g/mol. The van der Waals surface area contributed by atoms with Crippen LogP contribution in [0.3, 0.4) is 0 Å². The fourth-order valence-corrected chi connectivity index (χ4v) is 1.57. The predicted octanol–water partition coefficient (Wildman–Crippen LogP) is 1.61. The van der Waals surface area contributed by atoms with Crippen molar-refractivity contribution in [2.75, 3.05) is 13.6 Å². The Morgan fingerprint density at radius 3 is 2.90 bits per heavy atom. The van der Waals surface area contributed by atoms with E-state index >= 15 is 0 Å². The van der Waals surface area contributed by atoms with Crippen LogP contribution in [0.4, 0.5) is 9.18 Å². The fourth-order valence-electron chi connectivity index (χ4n) is 1.57. The van der Waals surface area contributed by atoms with Gasteiger partial charge in [0.05, 0.1) is 17.7 Å². The largest absolute Gasteiger partial charge is 0.393 e. The van der Waals surface area contributed by atoms with Gasteiger partial charge in [0, 0.05) is 25.7 Å². The van der Waals surface area contributed by atoms with E-state index in [1.165, 1.54) is 23.1 Å². The zero-order valence-electron chi connectivity index (χ0n) is 11.6. The fraction of sp³-hybridized carbons (Fsp3) is 0.429. The molecule has 0 aliphatic rings. The molecule has 0 fully saturated rings. The highest BCUT2D eigenvalue weighted by atomic mass is 19.1. The summed E-state index contributed by atoms with van der Waals surface area (Å²) in [6.45, 7) is 2.07. The van der Waals surface area contributed by atoms with Crippen molar-refractivity contribution in [2.24, 2.45) is 0 Å². The molecule has 2 amide bonds. The van der Waals surface area contributed by atoms with Crippen molar-refractivity contribution in [3.8, 4) is 6.07 Å². The number of hydrogen-bond acceptors (Lipinski definition) is 3. The van der Waals surface area contributed by atoms with Crippen molar-refractivity contribution in [1.29, 1.82) is 5.26 Å². The van der Waals surface area contributed by atoms with Crippen LogP contribution < -0.4 is 5.32 Å². The summed E-state index contributed by atoms with van der Waals surface area (Å²) < 4.78 is 13.5. The van der Waals surface area contributed by atoms with E-state index in [-0.39, 0.29) is 18.1 Å². The molecule has 0 saturated carbocycles. The third-order valence-corrected chi connectivity index (χ3v) is 2.83. The van der Waals surface area contributed by atoms with Crippen LogP contribution in [0.25, 0.3) is 0 Å². The molecule has 6 heteroatoms. The van der Waals surface area contributed by atoms with Gasteiger partial charge in [0.2, 0.25) is 0 Å². The van der Waals surface area contributed by atoms with Gasteiger partial charge in [-0.3, -0.25) is 0 Å². The Labute approximate surface area is 117 Å². The second-order valence-electron chi connectivity index (χ2n) is 4.64. The Hall–Kier alpha value is -2.13. The number of aliphatic hydroxyl groups is 1. The minimum Gasteiger partial charge on any atom is -0.393 e. The Kier molecular flexibility index (Phi) is 5.94. The molecule has 1 aromatic carbocycles. The average Bonchev–Trinajstić information content (AvgIpc) is 2.43. The highest BCUT2D eigenvalue weighted by Gasteiger charge is 2.10. The van der Waals surface area contributed by atoms with Crippen LogP contribution in [0, 0.1) is 17.1 Å². The Balaban J connectivity index is 2.54. The van der Waals surface area contributed by atoms with Gasteiger partial charge in [-0.2, -0.15) is 5.26 Å². The number of benzene rings is 1. The minimum atomic E-state index is -0.477. The van der Waals surface area contributed by atoms with Crippen LogP contribution >= 0.6 is 0 Å². The number of urea groups is 1. The lowest BCUT2D eigenvalue weighted by atomic mass is 10.1. The van der Waals surface area contributed by atoms with Crippen molar-refractivity contribution in [3.05, 3.63) is 35.1 Å². The maximum Gasteiger partial charge on any atom is 0.317 e. The van der Waals surface area contributed by atoms with Gasteiger partial charge in [0.1, 0.15) is 5.82 Å². The van der Waals surface area contributed by atoms with Crippen molar-refractivity contribution in [3.63, 3.8) is 0 Å². The van der Waals surface area contributed by atoms with Gasteiger partial charge in [-0.05, 0) is 31.5 Å². The Morgan fingerprint density at radius 1 is 1.60 bits per heavy atom. The van der Waals surface area contributed by atoms with Crippen LogP contribution in [-0.2, 0) is 6.54 Å². The highest BCUT2D eigenvalue weighted by molar-refractivity contribution is 5.73. The number of carbonyl (C=O) groups is 1. The third kappa shape index (κ3) is 4.86. The maximum atomic E-state index is 13.5. The van der Waals surface area contributed by atoms with Gasteiger partial charge in [-0.25, -0.2) is 9.18 Å². The van der Waals surface area contributed by atoms with Gasteiger partial charge >= 0.3 is 6.03 Å². The zero-order valence-corrected chi connectivity index (χ0v) is 11.6. The molecule has 1 atom stereocenters. The number of nitrogens with zero attached hydrogens (tertiary/aromatic N) is 2. The van der Waals surface area contributed by atoms with Gasteiger partial charge in [0.25, 0.3) is 0 Å². The molecule has 0 heterocycles. The molecule has 0 aliphatic heterocycles. The van der Waals surface area contributed by atoms with E-state index in [9.17, 15) is 9.18 Å². The summed E-state index contributed by atoms with van der Waals surface area (Å²) in [4.78, 5) is 13.2. The summed E-state index contributed by atoms with van der Waals surface area (Å²) in [6, 6.07) is 5.56. The molecule has 5 nitrogen and oxygen atoms in total. The van der Waals surface area contributed by atoms with Crippen LogP contribution in [-0.4, -0.2) is 35.7 Å². The number of halogens is 1. The normalized spacial score (nSPS) is 11.6. The molecule has 1 rings (SSSR count). The van der Waals surface area contributed by atoms with Crippen molar-refractivity contribution < 1.29 is 14.3 Å². The lowest BCUT2D eigenvalue weighted by molar-refractivity contribution is 0.163. The second kappa shape index (κ2) is 7.46. The summed E-state index contributed by atoms with van der Waals surface area (Å²) in [5, 5.41) is 20.5. The smallest absolute Gasteiger partial charge is 0.317 e. The van der Waals surface area contributed by atoms with E-state index < -0.39 is 11.9 Å². The first-order chi connectivity index (χ1) is 9.43. The van der Waals surface area contributed by atoms with Crippen LogP contribution in [0.2, 0.25) is 0 Å². The molecule has 1 unspecified atom stereocenters. The first-order valence-electron chi connectivity index (χ1n) is 6.29. The summed E-state index contributed by atoms with van der Waals surface area (Å²) in [5.41, 5.74) is 0.611. The number of carbonyl (C=O) groups excluding carboxylic acids is 1. The van der Waals surface area contributed by atoms with Gasteiger partial charge in [-0.15, -0.1) is 0 Å². The number of aliphatic hydroxyl groups excluding tert-OH is 1. The van der Waals surface area contributed by atoms with E-state index in [2.05, 4.69) is 5.32 Å². The topological polar surface area (TPSA) is 76.4 Å². The molecule has 0 bridgehead atoms. The molecular weight excluding hydrogens is 261 g/mol. The number of rotatable bonds is 5. The summed E-state index contributed by atoms with van der Waals surface area (Å²) in [6.07, 6.45) is -0.00244. The lowest BCUT2D eigenvalue weighted by Crippen LogP contribution is -2.38. The number of hydrogen-bond donors (Lipinski definition) is 2. The van der Waals surface area contributed by atoms with E-state index in [1.54, 1.807) is 14.0 Å². The van der Waals surface area contributed by atoms with Crippen LogP contribution in [0.15, 0.2) is 18.2 Å².